The van der Waals surface area contributed by atoms with Crippen molar-refractivity contribution in [3.8, 4) is 16.9 Å². The minimum atomic E-state index is 0.236. The fourth-order valence-corrected chi connectivity index (χ4v) is 2.80. The molecule has 0 aliphatic heterocycles. The molecule has 0 fully saturated rings. The van der Waals surface area contributed by atoms with E-state index in [0.29, 0.717) is 5.56 Å². The number of benzene rings is 3. The van der Waals surface area contributed by atoms with E-state index in [4.69, 9.17) is 0 Å². The van der Waals surface area contributed by atoms with Gasteiger partial charge in [-0.15, -0.1) is 0 Å². The Kier molecular flexibility index (Phi) is 3.97. The first-order valence-corrected chi connectivity index (χ1v) is 8.07. The van der Waals surface area contributed by atoms with Crippen molar-refractivity contribution in [3.05, 3.63) is 90.6 Å². The zero-order chi connectivity index (χ0) is 17.1. The Labute approximate surface area is 146 Å². The predicted octanol–water partition coefficient (Wildman–Crippen LogP) is 5.36. The lowest BCUT2D eigenvalue weighted by molar-refractivity contribution is 0.476. The number of hydrogen-bond donors (Lipinski definition) is 1. The van der Waals surface area contributed by atoms with E-state index < -0.39 is 0 Å². The van der Waals surface area contributed by atoms with E-state index in [9.17, 15) is 5.11 Å². The number of aromatic nitrogens is 1. The van der Waals surface area contributed by atoms with E-state index in [1.165, 1.54) is 0 Å². The van der Waals surface area contributed by atoms with Crippen LogP contribution in [0.25, 0.3) is 22.0 Å². The lowest BCUT2D eigenvalue weighted by atomic mass is 10.0. The van der Waals surface area contributed by atoms with Crippen LogP contribution in [-0.4, -0.2) is 16.3 Å². The molecule has 1 N–H and O–H groups in total. The zero-order valence-corrected chi connectivity index (χ0v) is 13.5. The number of pyridine rings is 1. The Morgan fingerprint density at radius 3 is 2.60 bits per heavy atom. The van der Waals surface area contributed by atoms with Crippen LogP contribution in [0.1, 0.15) is 5.56 Å². The van der Waals surface area contributed by atoms with E-state index in [0.717, 1.165) is 27.7 Å². The second-order valence-electron chi connectivity index (χ2n) is 5.75. The molecule has 0 bridgehead atoms. The van der Waals surface area contributed by atoms with E-state index in [1.54, 1.807) is 12.4 Å². The summed E-state index contributed by atoms with van der Waals surface area (Å²) in [5, 5.41) is 11.6. The van der Waals surface area contributed by atoms with Crippen molar-refractivity contribution in [2.45, 2.75) is 0 Å². The van der Waals surface area contributed by atoms with Crippen LogP contribution in [0.15, 0.2) is 90.1 Å². The minimum Gasteiger partial charge on any atom is -0.507 e. The number of phenols is 1. The molecule has 25 heavy (non-hydrogen) atoms. The first kappa shape index (κ1) is 15.1. The highest BCUT2D eigenvalue weighted by Gasteiger charge is 2.07. The number of nitrogens with zero attached hydrogens (tertiary/aromatic N) is 2. The standard InChI is InChI=1S/C22H16N2O/c25-22-18(8-4-10-20(22)16-6-2-1-3-7-16)15-24-19-11-12-21-17(14-19)9-5-13-23-21/h1-15,25H. The van der Waals surface area contributed by atoms with Gasteiger partial charge in [0.1, 0.15) is 5.75 Å². The molecule has 0 saturated carbocycles. The number of aromatic hydroxyl groups is 1. The first-order valence-electron chi connectivity index (χ1n) is 8.07. The monoisotopic (exact) mass is 324 g/mol. The summed E-state index contributed by atoms with van der Waals surface area (Å²) in [4.78, 5) is 8.82. The van der Waals surface area contributed by atoms with Crippen molar-refractivity contribution in [2.75, 3.05) is 0 Å². The van der Waals surface area contributed by atoms with Gasteiger partial charge in [0.2, 0.25) is 0 Å². The molecule has 3 aromatic carbocycles. The van der Waals surface area contributed by atoms with Gasteiger partial charge in [-0.05, 0) is 35.9 Å². The number of rotatable bonds is 3. The largest absolute Gasteiger partial charge is 0.507 e. The van der Waals surface area contributed by atoms with Crippen molar-refractivity contribution >= 4 is 22.8 Å². The van der Waals surface area contributed by atoms with Crippen LogP contribution in [0.3, 0.4) is 0 Å². The summed E-state index contributed by atoms with van der Waals surface area (Å²) in [5.74, 6) is 0.236. The average molecular weight is 324 g/mol. The van der Waals surface area contributed by atoms with Gasteiger partial charge in [-0.3, -0.25) is 9.98 Å². The number of hydrogen-bond acceptors (Lipinski definition) is 3. The quantitative estimate of drug-likeness (QED) is 0.516. The number of fused-ring (bicyclic) bond motifs is 1. The van der Waals surface area contributed by atoms with Gasteiger partial charge >= 0.3 is 0 Å². The molecular formula is C22H16N2O. The maximum absolute atomic E-state index is 10.6. The van der Waals surface area contributed by atoms with Crippen molar-refractivity contribution in [3.63, 3.8) is 0 Å². The second kappa shape index (κ2) is 6.57. The topological polar surface area (TPSA) is 45.5 Å². The maximum Gasteiger partial charge on any atom is 0.132 e. The van der Waals surface area contributed by atoms with Crippen LogP contribution >= 0.6 is 0 Å². The van der Waals surface area contributed by atoms with Gasteiger partial charge in [0, 0.05) is 28.9 Å². The summed E-state index contributed by atoms with van der Waals surface area (Å²) < 4.78 is 0. The molecule has 3 heteroatoms. The molecule has 0 aliphatic carbocycles. The molecule has 0 aliphatic rings. The summed E-state index contributed by atoms with van der Waals surface area (Å²) >= 11 is 0. The summed E-state index contributed by atoms with van der Waals surface area (Å²) in [6.45, 7) is 0. The first-order chi connectivity index (χ1) is 12.3. The molecule has 1 heterocycles. The fraction of sp³-hybridized carbons (Fsp3) is 0. The Hall–Kier alpha value is -3.46. The van der Waals surface area contributed by atoms with Gasteiger partial charge in [0.05, 0.1) is 11.2 Å². The SMILES string of the molecule is Oc1c(C=Nc2ccc3ncccc3c2)cccc1-c1ccccc1. The highest BCUT2D eigenvalue weighted by Crippen LogP contribution is 2.31. The molecule has 0 atom stereocenters. The van der Waals surface area contributed by atoms with Crippen molar-refractivity contribution in [1.29, 1.82) is 0 Å². The van der Waals surface area contributed by atoms with Gasteiger partial charge in [0.15, 0.2) is 0 Å². The molecule has 0 spiro atoms. The smallest absolute Gasteiger partial charge is 0.132 e. The van der Waals surface area contributed by atoms with Gasteiger partial charge in [-0.25, -0.2) is 0 Å². The summed E-state index contributed by atoms with van der Waals surface area (Å²) in [6, 6.07) is 25.3. The van der Waals surface area contributed by atoms with Gasteiger partial charge in [0.25, 0.3) is 0 Å². The molecule has 120 valence electrons. The third-order valence-electron chi connectivity index (χ3n) is 4.09. The molecule has 3 nitrogen and oxygen atoms in total. The number of aliphatic imine (C=N–C) groups is 1. The molecule has 0 amide bonds. The molecule has 4 aromatic rings. The highest BCUT2D eigenvalue weighted by molar-refractivity contribution is 5.90. The van der Waals surface area contributed by atoms with E-state index >= 15 is 0 Å². The fourth-order valence-electron chi connectivity index (χ4n) is 2.80. The number of para-hydroxylation sites is 1. The molecule has 4 rings (SSSR count). The lowest BCUT2D eigenvalue weighted by Crippen LogP contribution is -1.86. The van der Waals surface area contributed by atoms with E-state index in [2.05, 4.69) is 9.98 Å². The van der Waals surface area contributed by atoms with Crippen molar-refractivity contribution in [1.82, 2.24) is 4.98 Å². The van der Waals surface area contributed by atoms with Gasteiger partial charge < -0.3 is 5.11 Å². The molecule has 0 unspecified atom stereocenters. The summed E-state index contributed by atoms with van der Waals surface area (Å²) in [6.07, 6.45) is 3.47. The zero-order valence-electron chi connectivity index (χ0n) is 13.5. The molecule has 0 saturated heterocycles. The van der Waals surface area contributed by atoms with Crippen LogP contribution < -0.4 is 0 Å². The Morgan fingerprint density at radius 1 is 0.840 bits per heavy atom. The van der Waals surface area contributed by atoms with Crippen molar-refractivity contribution < 1.29 is 5.11 Å². The van der Waals surface area contributed by atoms with E-state index in [1.807, 2.05) is 78.9 Å². The Bertz CT molecular complexity index is 1060. The van der Waals surface area contributed by atoms with Crippen LogP contribution in [0.4, 0.5) is 5.69 Å². The van der Waals surface area contributed by atoms with Gasteiger partial charge in [-0.2, -0.15) is 0 Å². The van der Waals surface area contributed by atoms with Crippen LogP contribution in [-0.2, 0) is 0 Å². The average Bonchev–Trinajstić information content (AvgIpc) is 2.68. The van der Waals surface area contributed by atoms with E-state index in [-0.39, 0.29) is 5.75 Å². The third-order valence-corrected chi connectivity index (χ3v) is 4.09. The maximum atomic E-state index is 10.6. The van der Waals surface area contributed by atoms with Crippen LogP contribution in [0.2, 0.25) is 0 Å². The summed E-state index contributed by atoms with van der Waals surface area (Å²) in [5.41, 5.74) is 4.23. The normalized spacial score (nSPS) is 11.2. The lowest BCUT2D eigenvalue weighted by Gasteiger charge is -2.07. The minimum absolute atomic E-state index is 0.236. The number of phenolic OH excluding ortho intramolecular Hbond substituents is 1. The molecule has 0 radical (unpaired) electrons. The summed E-state index contributed by atoms with van der Waals surface area (Å²) in [7, 11) is 0. The van der Waals surface area contributed by atoms with Gasteiger partial charge in [-0.1, -0.05) is 48.5 Å². The van der Waals surface area contributed by atoms with Crippen LogP contribution in [0, 0.1) is 0 Å². The molecule has 1 aromatic heterocycles. The van der Waals surface area contributed by atoms with Crippen LogP contribution in [0.5, 0.6) is 5.75 Å². The molecular weight excluding hydrogens is 308 g/mol. The predicted molar refractivity (Wildman–Crippen MR) is 103 cm³/mol. The van der Waals surface area contributed by atoms with Crippen molar-refractivity contribution in [2.24, 2.45) is 4.99 Å². The Balaban J connectivity index is 1.69. The second-order valence-corrected chi connectivity index (χ2v) is 5.75. The third kappa shape index (κ3) is 3.12. The highest BCUT2D eigenvalue weighted by atomic mass is 16.3. The Morgan fingerprint density at radius 2 is 1.72 bits per heavy atom.